The molecule has 0 aromatic heterocycles. The molecule has 206 valence electrons. The summed E-state index contributed by atoms with van der Waals surface area (Å²) in [6.45, 7) is 4.10. The van der Waals surface area contributed by atoms with Crippen LogP contribution in [0.3, 0.4) is 0 Å². The maximum absolute atomic E-state index is 13.9. The fourth-order valence-electron chi connectivity index (χ4n) is 4.10. The van der Waals surface area contributed by atoms with Gasteiger partial charge in [-0.1, -0.05) is 26.0 Å². The van der Waals surface area contributed by atoms with Crippen molar-refractivity contribution in [3.05, 3.63) is 65.0 Å². The molecule has 0 aliphatic carbocycles. The molecular weight excluding hydrogens is 521 g/mol. The minimum absolute atomic E-state index is 0.130. The van der Waals surface area contributed by atoms with E-state index >= 15 is 0 Å². The number of nitrogens with zero attached hydrogens (tertiary/aromatic N) is 1. The lowest BCUT2D eigenvalue weighted by Gasteiger charge is -2.24. The van der Waals surface area contributed by atoms with Crippen LogP contribution in [0.1, 0.15) is 31.4 Å². The summed E-state index contributed by atoms with van der Waals surface area (Å²) in [5, 5.41) is 14.4. The molecule has 5 N–H and O–H groups in total. The van der Waals surface area contributed by atoms with Crippen LogP contribution in [-0.4, -0.2) is 57.5 Å². The fraction of sp³-hybridized carbons (Fsp3) is 0.423. The maximum Gasteiger partial charge on any atom is 0.326 e. The first-order chi connectivity index (χ1) is 18.0. The fourth-order valence-corrected chi connectivity index (χ4v) is 5.26. The Morgan fingerprint density at radius 2 is 1.84 bits per heavy atom. The summed E-state index contributed by atoms with van der Waals surface area (Å²) in [5.41, 5.74) is 7.21. The molecule has 2 aromatic rings. The van der Waals surface area contributed by atoms with Crippen LogP contribution in [0.5, 0.6) is 0 Å². The van der Waals surface area contributed by atoms with Crippen molar-refractivity contribution in [2.24, 2.45) is 11.7 Å². The number of halogens is 3. The van der Waals surface area contributed by atoms with Crippen molar-refractivity contribution in [1.82, 2.24) is 10.2 Å². The minimum Gasteiger partial charge on any atom is -0.480 e. The van der Waals surface area contributed by atoms with E-state index in [4.69, 9.17) is 5.73 Å². The molecule has 3 atom stereocenters. The molecule has 0 saturated carbocycles. The van der Waals surface area contributed by atoms with Gasteiger partial charge >= 0.3 is 5.97 Å². The molecule has 0 unspecified atom stereocenters. The molecule has 1 aliphatic heterocycles. The highest BCUT2D eigenvalue weighted by Crippen LogP contribution is 2.26. The number of benzene rings is 2. The molecule has 0 radical (unpaired) electrons. The Hall–Kier alpha value is -3.25. The molecular formula is C26H31F3N4O4S. The lowest BCUT2D eigenvalue weighted by atomic mass is 10.0. The first-order valence-corrected chi connectivity index (χ1v) is 13.2. The molecule has 1 heterocycles. The highest BCUT2D eigenvalue weighted by atomic mass is 32.2. The predicted molar refractivity (Wildman–Crippen MR) is 139 cm³/mol. The van der Waals surface area contributed by atoms with Crippen molar-refractivity contribution in [1.29, 1.82) is 0 Å². The van der Waals surface area contributed by atoms with Crippen LogP contribution in [0.25, 0.3) is 0 Å². The molecule has 2 aromatic carbocycles. The van der Waals surface area contributed by atoms with Gasteiger partial charge in [-0.25, -0.2) is 18.0 Å². The highest BCUT2D eigenvalue weighted by Gasteiger charge is 2.35. The molecule has 1 aliphatic rings. The van der Waals surface area contributed by atoms with Crippen molar-refractivity contribution < 1.29 is 32.7 Å². The number of rotatable bonds is 11. The molecule has 0 bridgehead atoms. The second-order valence-corrected chi connectivity index (χ2v) is 10.6. The first-order valence-electron chi connectivity index (χ1n) is 12.1. The number of thioether (sulfide) groups is 1. The Morgan fingerprint density at radius 1 is 1.13 bits per heavy atom. The third-order valence-corrected chi connectivity index (χ3v) is 7.30. The molecule has 0 spiro atoms. The quantitative estimate of drug-likeness (QED) is 0.316. The van der Waals surface area contributed by atoms with Gasteiger partial charge in [0, 0.05) is 43.1 Å². The lowest BCUT2D eigenvalue weighted by Crippen LogP contribution is -2.46. The number of nitrogens with two attached hydrogens (primary N) is 1. The van der Waals surface area contributed by atoms with E-state index in [9.17, 15) is 32.7 Å². The number of nitrogens with one attached hydrogen (secondary N) is 2. The Morgan fingerprint density at radius 3 is 2.53 bits per heavy atom. The van der Waals surface area contributed by atoms with E-state index in [0.717, 1.165) is 11.6 Å². The van der Waals surface area contributed by atoms with Crippen LogP contribution in [0.2, 0.25) is 0 Å². The summed E-state index contributed by atoms with van der Waals surface area (Å²) >= 11 is 1.30. The van der Waals surface area contributed by atoms with Crippen molar-refractivity contribution >= 4 is 35.2 Å². The van der Waals surface area contributed by atoms with Crippen molar-refractivity contribution in [2.75, 3.05) is 17.6 Å². The summed E-state index contributed by atoms with van der Waals surface area (Å²) in [6.07, 6.45) is -0.367. The average Bonchev–Trinajstić information content (AvgIpc) is 3.34. The average molecular weight is 553 g/mol. The van der Waals surface area contributed by atoms with Gasteiger partial charge in [0.1, 0.15) is 11.9 Å². The Balaban J connectivity index is 1.56. The molecule has 12 heteroatoms. The third kappa shape index (κ3) is 7.64. The predicted octanol–water partition coefficient (Wildman–Crippen LogP) is 3.10. The Bertz CT molecular complexity index is 1180. The first kappa shape index (κ1) is 29.3. The van der Waals surface area contributed by atoms with Crippen molar-refractivity contribution in [2.45, 2.75) is 50.7 Å². The summed E-state index contributed by atoms with van der Waals surface area (Å²) in [4.78, 5) is 38.6. The summed E-state index contributed by atoms with van der Waals surface area (Å²) in [7, 11) is 0. The summed E-state index contributed by atoms with van der Waals surface area (Å²) in [5.74, 6) is -4.77. The standard InChI is InChI=1S/C26H31F3N4O4S/c1-14(2)23(26(36)37)32-18-5-3-4-15(8-18)13-31-24(35)25-33(6-7-38-25)22(34)11-17(30)9-16-10-20(28)21(29)12-19(16)27/h3-5,8,10,12,14,17,23,25,32H,6-7,9,11,13,30H2,1-2H3,(H,31,35)(H,36,37)/t17-,23+,25+/m1/s1. The summed E-state index contributed by atoms with van der Waals surface area (Å²) in [6, 6.07) is 6.58. The van der Waals surface area contributed by atoms with Gasteiger partial charge in [0.15, 0.2) is 17.0 Å². The lowest BCUT2D eigenvalue weighted by molar-refractivity contribution is -0.138. The SMILES string of the molecule is CC(C)[C@H](Nc1cccc(CNC(=O)[C@@H]2SCCN2C(=O)C[C@H](N)Cc2cc(F)c(F)cc2F)c1)C(=O)O. The van der Waals surface area contributed by atoms with Crippen molar-refractivity contribution in [3.8, 4) is 0 Å². The second-order valence-electron chi connectivity index (χ2n) is 9.46. The number of hydrogen-bond donors (Lipinski definition) is 4. The van der Waals surface area contributed by atoms with Crippen LogP contribution in [0.15, 0.2) is 36.4 Å². The van der Waals surface area contributed by atoms with E-state index in [0.29, 0.717) is 24.1 Å². The number of anilines is 1. The smallest absolute Gasteiger partial charge is 0.326 e. The number of hydrogen-bond acceptors (Lipinski definition) is 6. The minimum atomic E-state index is -1.30. The van der Waals surface area contributed by atoms with Gasteiger partial charge in [0.2, 0.25) is 5.91 Å². The Kier molecular flexibility index (Phi) is 10.0. The molecule has 38 heavy (non-hydrogen) atoms. The number of carboxylic acids is 1. The van der Waals surface area contributed by atoms with Gasteiger partial charge in [-0.2, -0.15) is 0 Å². The highest BCUT2D eigenvalue weighted by molar-refractivity contribution is 8.00. The number of amides is 2. The van der Waals surface area contributed by atoms with Crippen LogP contribution in [-0.2, 0) is 27.3 Å². The Labute approximate surface area is 223 Å². The van der Waals surface area contributed by atoms with E-state index in [2.05, 4.69) is 10.6 Å². The van der Waals surface area contributed by atoms with Gasteiger partial charge in [-0.15, -0.1) is 11.8 Å². The van der Waals surface area contributed by atoms with Crippen LogP contribution in [0.4, 0.5) is 18.9 Å². The van der Waals surface area contributed by atoms with Crippen LogP contribution < -0.4 is 16.4 Å². The van der Waals surface area contributed by atoms with Crippen LogP contribution in [0, 0.1) is 23.4 Å². The van der Waals surface area contributed by atoms with Gasteiger partial charge in [-0.05, 0) is 41.7 Å². The van der Waals surface area contributed by atoms with Gasteiger partial charge in [0.25, 0.3) is 5.91 Å². The van der Waals surface area contributed by atoms with Gasteiger partial charge in [0.05, 0.1) is 0 Å². The van der Waals surface area contributed by atoms with Gasteiger partial charge < -0.3 is 26.4 Å². The molecule has 1 fully saturated rings. The van der Waals surface area contributed by atoms with E-state index in [1.54, 1.807) is 38.1 Å². The van der Waals surface area contributed by atoms with E-state index in [1.165, 1.54) is 16.7 Å². The van der Waals surface area contributed by atoms with Gasteiger partial charge in [-0.3, -0.25) is 9.59 Å². The normalized spacial score (nSPS) is 16.8. The van der Waals surface area contributed by atoms with Crippen LogP contribution >= 0.6 is 11.8 Å². The van der Waals surface area contributed by atoms with Crippen molar-refractivity contribution in [3.63, 3.8) is 0 Å². The molecule has 8 nitrogen and oxygen atoms in total. The largest absolute Gasteiger partial charge is 0.480 e. The number of carboxylic acid groups (broad SMARTS) is 1. The molecule has 3 rings (SSSR count). The number of carbonyl (C=O) groups excluding carboxylic acids is 2. The summed E-state index contributed by atoms with van der Waals surface area (Å²) < 4.78 is 40.6. The zero-order valence-corrected chi connectivity index (χ0v) is 21.9. The number of carbonyl (C=O) groups is 3. The zero-order chi connectivity index (χ0) is 28.0. The topological polar surface area (TPSA) is 125 Å². The third-order valence-electron chi connectivity index (χ3n) is 6.09. The monoisotopic (exact) mass is 552 g/mol. The van der Waals surface area contributed by atoms with E-state index in [-0.39, 0.29) is 36.8 Å². The molecule has 1 saturated heterocycles. The maximum atomic E-state index is 13.9. The number of aliphatic carboxylic acids is 1. The van der Waals surface area contributed by atoms with E-state index < -0.39 is 46.8 Å². The molecule has 2 amide bonds. The van der Waals surface area contributed by atoms with E-state index in [1.807, 2.05) is 0 Å². The second kappa shape index (κ2) is 13.0. The zero-order valence-electron chi connectivity index (χ0n) is 21.0.